The molecule has 0 atom stereocenters. The lowest BCUT2D eigenvalue weighted by Gasteiger charge is -2.32. The molecule has 4 heteroatoms. The molecule has 3 rings (SSSR count). The van der Waals surface area contributed by atoms with Crippen LogP contribution in [0, 0.1) is 6.92 Å². The smallest absolute Gasteiger partial charge is 0.133 e. The van der Waals surface area contributed by atoms with Crippen molar-refractivity contribution in [2.75, 3.05) is 13.2 Å². The Kier molecular flexibility index (Phi) is 5.99. The normalized spacial score (nSPS) is 11.4. The lowest BCUT2D eigenvalue weighted by Crippen LogP contribution is -2.31. The van der Waals surface area contributed by atoms with Crippen molar-refractivity contribution in [1.82, 2.24) is 10.1 Å². The van der Waals surface area contributed by atoms with Crippen LogP contribution >= 0.6 is 0 Å². The van der Waals surface area contributed by atoms with E-state index in [0.717, 1.165) is 18.0 Å². The molecule has 0 radical (unpaired) electrons. The molecule has 1 N–H and O–H groups in total. The summed E-state index contributed by atoms with van der Waals surface area (Å²) in [5, 5.41) is 13.5. The van der Waals surface area contributed by atoms with Crippen LogP contribution in [0.1, 0.15) is 35.0 Å². The number of aryl methyl sites for hydroxylation is 1. The second kappa shape index (κ2) is 8.60. The highest BCUT2D eigenvalue weighted by atomic mass is 16.5. The van der Waals surface area contributed by atoms with E-state index >= 15 is 0 Å². The molecule has 3 aromatic rings. The predicted octanol–water partition coefficient (Wildman–Crippen LogP) is 3.96. The average molecular weight is 336 g/mol. The number of aromatic nitrogens is 1. The van der Waals surface area contributed by atoms with E-state index in [1.54, 1.807) is 0 Å². The van der Waals surface area contributed by atoms with Crippen molar-refractivity contribution in [3.05, 3.63) is 89.3 Å². The van der Waals surface area contributed by atoms with Crippen molar-refractivity contribution >= 4 is 0 Å². The van der Waals surface area contributed by atoms with Gasteiger partial charge in [-0.15, -0.1) is 0 Å². The quantitative estimate of drug-likeness (QED) is 0.676. The number of nitrogens with zero attached hydrogens (tertiary/aromatic N) is 2. The second-order valence-corrected chi connectivity index (χ2v) is 6.20. The van der Waals surface area contributed by atoms with Crippen molar-refractivity contribution < 1.29 is 9.63 Å². The number of aliphatic hydroxyl groups is 1. The van der Waals surface area contributed by atoms with Crippen molar-refractivity contribution in [2.45, 2.75) is 25.9 Å². The summed E-state index contributed by atoms with van der Waals surface area (Å²) in [4.78, 5) is 2.35. The molecule has 0 unspecified atom stereocenters. The highest BCUT2D eigenvalue weighted by Gasteiger charge is 2.23. The van der Waals surface area contributed by atoms with Gasteiger partial charge in [0.2, 0.25) is 0 Å². The molecule has 1 aromatic heterocycles. The van der Waals surface area contributed by atoms with Crippen molar-refractivity contribution in [3.8, 4) is 0 Å². The Morgan fingerprint density at radius 2 is 1.60 bits per heavy atom. The molecule has 0 spiro atoms. The van der Waals surface area contributed by atoms with Crippen molar-refractivity contribution in [1.29, 1.82) is 0 Å². The standard InChI is InChI=1S/C21H24N2O2/c1-17-15-20(22-25-17)16-23(13-8-14-24)21(18-9-4-2-5-10-18)19-11-6-3-7-12-19/h2-7,9-12,15,21,24H,8,13-14,16H2,1H3. The monoisotopic (exact) mass is 336 g/mol. The van der Waals surface area contributed by atoms with Gasteiger partial charge in [0.05, 0.1) is 11.7 Å². The molecule has 0 aliphatic rings. The molecule has 0 saturated carbocycles. The van der Waals surface area contributed by atoms with E-state index in [9.17, 15) is 5.11 Å². The topological polar surface area (TPSA) is 49.5 Å². The molecule has 4 nitrogen and oxygen atoms in total. The van der Waals surface area contributed by atoms with Crippen LogP contribution in [0.3, 0.4) is 0 Å². The fourth-order valence-electron chi connectivity index (χ4n) is 3.16. The summed E-state index contributed by atoms with van der Waals surface area (Å²) in [6.07, 6.45) is 0.715. The van der Waals surface area contributed by atoms with Gasteiger partial charge in [0.25, 0.3) is 0 Å². The highest BCUT2D eigenvalue weighted by molar-refractivity contribution is 5.32. The van der Waals surface area contributed by atoms with E-state index in [4.69, 9.17) is 4.52 Å². The van der Waals surface area contributed by atoms with Gasteiger partial charge in [0, 0.05) is 25.8 Å². The fourth-order valence-corrected chi connectivity index (χ4v) is 3.16. The zero-order valence-electron chi connectivity index (χ0n) is 14.5. The molecule has 0 aliphatic heterocycles. The molecule has 0 saturated heterocycles. The van der Waals surface area contributed by atoms with Gasteiger partial charge in [0.1, 0.15) is 5.76 Å². The number of benzene rings is 2. The highest BCUT2D eigenvalue weighted by Crippen LogP contribution is 2.30. The predicted molar refractivity (Wildman–Crippen MR) is 98.1 cm³/mol. The third-order valence-electron chi connectivity index (χ3n) is 4.24. The first kappa shape index (κ1) is 17.4. The van der Waals surface area contributed by atoms with E-state index in [0.29, 0.717) is 13.0 Å². The lowest BCUT2D eigenvalue weighted by molar-refractivity contribution is 0.182. The van der Waals surface area contributed by atoms with Gasteiger partial charge >= 0.3 is 0 Å². The maximum absolute atomic E-state index is 9.35. The van der Waals surface area contributed by atoms with Crippen LogP contribution < -0.4 is 0 Å². The summed E-state index contributed by atoms with van der Waals surface area (Å²) in [6, 6.07) is 23.0. The molecule has 1 heterocycles. The Bertz CT molecular complexity index is 716. The zero-order valence-corrected chi connectivity index (χ0v) is 14.5. The van der Waals surface area contributed by atoms with Gasteiger partial charge in [0.15, 0.2) is 0 Å². The number of hydrogen-bond acceptors (Lipinski definition) is 4. The van der Waals surface area contributed by atoms with E-state index < -0.39 is 0 Å². The summed E-state index contributed by atoms with van der Waals surface area (Å²) in [6.45, 7) is 3.52. The number of rotatable bonds is 8. The zero-order chi connectivity index (χ0) is 17.5. The van der Waals surface area contributed by atoms with Crippen LogP contribution in [0.5, 0.6) is 0 Å². The Balaban J connectivity index is 1.96. The van der Waals surface area contributed by atoms with Crippen molar-refractivity contribution in [2.24, 2.45) is 0 Å². The largest absolute Gasteiger partial charge is 0.396 e. The summed E-state index contributed by atoms with van der Waals surface area (Å²) < 4.78 is 5.23. The SMILES string of the molecule is Cc1cc(CN(CCCO)C(c2ccccc2)c2ccccc2)no1. The van der Waals surface area contributed by atoms with Crippen LogP contribution in [0.4, 0.5) is 0 Å². The minimum Gasteiger partial charge on any atom is -0.396 e. The van der Waals surface area contributed by atoms with Crippen LogP contribution in [0.15, 0.2) is 71.3 Å². The molecular formula is C21H24N2O2. The van der Waals surface area contributed by atoms with Gasteiger partial charge in [-0.25, -0.2) is 0 Å². The van der Waals surface area contributed by atoms with Crippen molar-refractivity contribution in [3.63, 3.8) is 0 Å². The Morgan fingerprint density at radius 3 is 2.08 bits per heavy atom. The molecule has 130 valence electrons. The second-order valence-electron chi connectivity index (χ2n) is 6.20. The average Bonchev–Trinajstić information content (AvgIpc) is 3.06. The van der Waals surface area contributed by atoms with E-state index in [1.165, 1.54) is 11.1 Å². The van der Waals surface area contributed by atoms with Gasteiger partial charge in [-0.2, -0.15) is 0 Å². The third kappa shape index (κ3) is 4.56. The molecule has 0 aliphatic carbocycles. The van der Waals surface area contributed by atoms with E-state index in [2.05, 4.69) is 58.6 Å². The number of aliphatic hydroxyl groups excluding tert-OH is 1. The first-order chi connectivity index (χ1) is 12.3. The summed E-state index contributed by atoms with van der Waals surface area (Å²) >= 11 is 0. The Morgan fingerprint density at radius 1 is 1.00 bits per heavy atom. The van der Waals surface area contributed by atoms with Crippen LogP contribution in [0.25, 0.3) is 0 Å². The molecule has 25 heavy (non-hydrogen) atoms. The van der Waals surface area contributed by atoms with E-state index in [1.807, 2.05) is 25.1 Å². The summed E-state index contributed by atoms with van der Waals surface area (Å²) in [5.41, 5.74) is 3.37. The number of hydrogen-bond donors (Lipinski definition) is 1. The van der Waals surface area contributed by atoms with Gasteiger partial charge in [-0.1, -0.05) is 65.8 Å². The van der Waals surface area contributed by atoms with E-state index in [-0.39, 0.29) is 12.6 Å². The van der Waals surface area contributed by atoms with Crippen LogP contribution in [0.2, 0.25) is 0 Å². The molecular weight excluding hydrogens is 312 g/mol. The van der Waals surface area contributed by atoms with Crippen LogP contribution in [-0.2, 0) is 6.54 Å². The minimum atomic E-state index is 0.103. The maximum Gasteiger partial charge on any atom is 0.133 e. The Hall–Kier alpha value is -2.43. The Labute approximate surface area is 148 Å². The van der Waals surface area contributed by atoms with Gasteiger partial charge in [-0.05, 0) is 24.5 Å². The molecule has 0 amide bonds. The first-order valence-electron chi connectivity index (χ1n) is 8.65. The maximum atomic E-state index is 9.35. The van der Waals surface area contributed by atoms with Crippen LogP contribution in [-0.4, -0.2) is 28.3 Å². The molecule has 0 fully saturated rings. The fraction of sp³-hybridized carbons (Fsp3) is 0.286. The van der Waals surface area contributed by atoms with Gasteiger partial charge < -0.3 is 9.63 Å². The van der Waals surface area contributed by atoms with Gasteiger partial charge in [-0.3, -0.25) is 4.90 Å². The summed E-state index contributed by atoms with van der Waals surface area (Å²) in [7, 11) is 0. The molecule has 0 bridgehead atoms. The summed E-state index contributed by atoms with van der Waals surface area (Å²) in [5.74, 6) is 0.813. The third-order valence-corrected chi connectivity index (χ3v) is 4.24. The lowest BCUT2D eigenvalue weighted by atomic mass is 9.96. The molecule has 2 aromatic carbocycles. The minimum absolute atomic E-state index is 0.103. The first-order valence-corrected chi connectivity index (χ1v) is 8.65.